The van der Waals surface area contributed by atoms with Gasteiger partial charge in [-0.15, -0.1) is 0 Å². The van der Waals surface area contributed by atoms with Crippen molar-refractivity contribution in [2.24, 2.45) is 0 Å². The fraction of sp³-hybridized carbons (Fsp3) is 0.368. The Morgan fingerprint density at radius 1 is 1.26 bits per heavy atom. The molecule has 1 fully saturated rings. The number of pyridine rings is 1. The SMILES string of the molecule is CS(=O)(=O)c1ccc(CN2CCNC(C(=O)NCc3ccccn3)C2)cc1. The van der Waals surface area contributed by atoms with Crippen molar-refractivity contribution in [2.45, 2.75) is 24.0 Å². The molecule has 1 unspecified atom stereocenters. The minimum Gasteiger partial charge on any atom is -0.349 e. The molecule has 27 heavy (non-hydrogen) atoms. The lowest BCUT2D eigenvalue weighted by atomic mass is 10.1. The van der Waals surface area contributed by atoms with Gasteiger partial charge in [0.25, 0.3) is 0 Å². The van der Waals surface area contributed by atoms with Crippen LogP contribution in [0.3, 0.4) is 0 Å². The molecule has 1 atom stereocenters. The summed E-state index contributed by atoms with van der Waals surface area (Å²) in [5, 5.41) is 6.17. The van der Waals surface area contributed by atoms with Crippen molar-refractivity contribution in [2.75, 3.05) is 25.9 Å². The third-order valence-corrected chi connectivity index (χ3v) is 5.63. The van der Waals surface area contributed by atoms with Crippen molar-refractivity contribution in [3.63, 3.8) is 0 Å². The number of piperazine rings is 1. The smallest absolute Gasteiger partial charge is 0.238 e. The first-order valence-electron chi connectivity index (χ1n) is 8.84. The van der Waals surface area contributed by atoms with Crippen LogP contribution in [0.5, 0.6) is 0 Å². The van der Waals surface area contributed by atoms with Crippen LogP contribution < -0.4 is 10.6 Å². The van der Waals surface area contributed by atoms with Gasteiger partial charge in [0.05, 0.1) is 23.2 Å². The molecule has 0 spiro atoms. The van der Waals surface area contributed by atoms with Crippen LogP contribution >= 0.6 is 0 Å². The highest BCUT2D eigenvalue weighted by Gasteiger charge is 2.25. The van der Waals surface area contributed by atoms with Gasteiger partial charge in [0.1, 0.15) is 0 Å². The van der Waals surface area contributed by atoms with Crippen molar-refractivity contribution in [1.29, 1.82) is 0 Å². The molecule has 1 aromatic heterocycles. The van der Waals surface area contributed by atoms with E-state index in [-0.39, 0.29) is 11.9 Å². The van der Waals surface area contributed by atoms with E-state index < -0.39 is 9.84 Å². The molecule has 8 heteroatoms. The van der Waals surface area contributed by atoms with E-state index in [9.17, 15) is 13.2 Å². The Kier molecular flexibility index (Phi) is 6.20. The number of carbonyl (C=O) groups is 1. The first kappa shape index (κ1) is 19.5. The monoisotopic (exact) mass is 388 g/mol. The number of hydrogen-bond acceptors (Lipinski definition) is 6. The molecule has 1 aliphatic rings. The van der Waals surface area contributed by atoms with Gasteiger partial charge < -0.3 is 10.6 Å². The van der Waals surface area contributed by atoms with Crippen LogP contribution in [-0.2, 0) is 27.7 Å². The fourth-order valence-electron chi connectivity index (χ4n) is 3.03. The second-order valence-corrected chi connectivity index (χ2v) is 8.71. The fourth-order valence-corrected chi connectivity index (χ4v) is 3.66. The Balaban J connectivity index is 1.53. The van der Waals surface area contributed by atoms with E-state index in [4.69, 9.17) is 0 Å². The molecule has 1 aromatic carbocycles. The molecule has 1 aliphatic heterocycles. The zero-order valence-electron chi connectivity index (χ0n) is 15.3. The number of rotatable bonds is 6. The summed E-state index contributed by atoms with van der Waals surface area (Å²) in [5.74, 6) is -0.0437. The molecule has 1 saturated heterocycles. The van der Waals surface area contributed by atoms with Crippen LogP contribution in [0.15, 0.2) is 53.6 Å². The molecule has 144 valence electrons. The zero-order chi connectivity index (χ0) is 19.3. The highest BCUT2D eigenvalue weighted by atomic mass is 32.2. The molecule has 2 heterocycles. The van der Waals surface area contributed by atoms with Crippen LogP contribution in [0.2, 0.25) is 0 Å². The summed E-state index contributed by atoms with van der Waals surface area (Å²) in [5.41, 5.74) is 1.85. The van der Waals surface area contributed by atoms with Gasteiger partial charge in [0.15, 0.2) is 9.84 Å². The lowest BCUT2D eigenvalue weighted by Gasteiger charge is -2.33. The zero-order valence-corrected chi connectivity index (χ0v) is 16.1. The van der Waals surface area contributed by atoms with E-state index in [0.29, 0.717) is 24.5 Å². The second kappa shape index (κ2) is 8.60. The minimum absolute atomic E-state index is 0.0437. The van der Waals surface area contributed by atoms with Gasteiger partial charge in [-0.05, 0) is 29.8 Å². The van der Waals surface area contributed by atoms with Crippen LogP contribution in [0.25, 0.3) is 0 Å². The Morgan fingerprint density at radius 2 is 2.04 bits per heavy atom. The van der Waals surface area contributed by atoms with Gasteiger partial charge in [-0.3, -0.25) is 14.7 Å². The molecule has 0 aliphatic carbocycles. The van der Waals surface area contributed by atoms with Crippen molar-refractivity contribution in [1.82, 2.24) is 20.5 Å². The Labute approximate surface area is 159 Å². The number of benzene rings is 1. The molecular weight excluding hydrogens is 364 g/mol. The van der Waals surface area contributed by atoms with Gasteiger partial charge in [-0.25, -0.2) is 8.42 Å². The normalized spacial score (nSPS) is 18.2. The molecule has 3 rings (SSSR count). The Hall–Kier alpha value is -2.29. The maximum absolute atomic E-state index is 12.4. The molecule has 7 nitrogen and oxygen atoms in total. The maximum Gasteiger partial charge on any atom is 0.238 e. The second-order valence-electron chi connectivity index (χ2n) is 6.70. The molecule has 0 bridgehead atoms. The average Bonchev–Trinajstić information content (AvgIpc) is 2.67. The first-order valence-corrected chi connectivity index (χ1v) is 10.7. The largest absolute Gasteiger partial charge is 0.349 e. The van der Waals surface area contributed by atoms with Gasteiger partial charge in [-0.1, -0.05) is 18.2 Å². The molecule has 2 aromatic rings. The number of aromatic nitrogens is 1. The summed E-state index contributed by atoms with van der Waals surface area (Å²) in [4.78, 5) is 19.1. The predicted octanol–water partition coefficient (Wildman–Crippen LogP) is 0.575. The third kappa shape index (κ3) is 5.59. The summed E-state index contributed by atoms with van der Waals surface area (Å²) < 4.78 is 23.1. The molecular formula is C19H24N4O3S. The standard InChI is InChI=1S/C19H24N4O3S/c1-27(25,26)17-7-5-15(6-8-17)13-23-11-10-21-18(14-23)19(24)22-12-16-4-2-3-9-20-16/h2-9,18,21H,10-14H2,1H3,(H,22,24). The number of nitrogens with zero attached hydrogens (tertiary/aromatic N) is 2. The Bertz CT molecular complexity index is 870. The predicted molar refractivity (Wildman–Crippen MR) is 103 cm³/mol. The lowest BCUT2D eigenvalue weighted by molar-refractivity contribution is -0.124. The quantitative estimate of drug-likeness (QED) is 0.752. The molecule has 2 N–H and O–H groups in total. The van der Waals surface area contributed by atoms with E-state index in [0.717, 1.165) is 24.3 Å². The summed E-state index contributed by atoms with van der Waals surface area (Å²) in [6.07, 6.45) is 2.91. The number of nitrogens with one attached hydrogen (secondary N) is 2. The van der Waals surface area contributed by atoms with E-state index >= 15 is 0 Å². The number of sulfone groups is 1. The number of carbonyl (C=O) groups excluding carboxylic acids is 1. The van der Waals surface area contributed by atoms with Crippen molar-refractivity contribution >= 4 is 15.7 Å². The number of hydrogen-bond donors (Lipinski definition) is 2. The van der Waals surface area contributed by atoms with Gasteiger partial charge in [0.2, 0.25) is 5.91 Å². The van der Waals surface area contributed by atoms with E-state index in [1.165, 1.54) is 6.26 Å². The minimum atomic E-state index is -3.18. The van der Waals surface area contributed by atoms with Crippen molar-refractivity contribution < 1.29 is 13.2 Å². The van der Waals surface area contributed by atoms with Gasteiger partial charge in [0, 0.05) is 38.6 Å². The van der Waals surface area contributed by atoms with Gasteiger partial charge >= 0.3 is 0 Å². The lowest BCUT2D eigenvalue weighted by Crippen LogP contribution is -2.56. The van der Waals surface area contributed by atoms with Crippen molar-refractivity contribution in [3.05, 3.63) is 59.9 Å². The summed E-state index contributed by atoms with van der Waals surface area (Å²) in [7, 11) is -3.18. The van der Waals surface area contributed by atoms with Crippen molar-refractivity contribution in [3.8, 4) is 0 Å². The molecule has 0 radical (unpaired) electrons. The van der Waals surface area contributed by atoms with Crippen LogP contribution in [0, 0.1) is 0 Å². The van der Waals surface area contributed by atoms with Crippen LogP contribution in [0.4, 0.5) is 0 Å². The first-order chi connectivity index (χ1) is 12.9. The summed E-state index contributed by atoms with van der Waals surface area (Å²) in [6.45, 7) is 3.24. The van der Waals surface area contributed by atoms with Gasteiger partial charge in [-0.2, -0.15) is 0 Å². The average molecular weight is 388 g/mol. The Morgan fingerprint density at radius 3 is 2.70 bits per heavy atom. The molecule has 0 saturated carbocycles. The number of amides is 1. The summed E-state index contributed by atoms with van der Waals surface area (Å²) >= 11 is 0. The highest BCUT2D eigenvalue weighted by Crippen LogP contribution is 2.13. The van der Waals surface area contributed by atoms with E-state index in [1.54, 1.807) is 18.3 Å². The summed E-state index contributed by atoms with van der Waals surface area (Å²) in [6, 6.07) is 12.2. The highest BCUT2D eigenvalue weighted by molar-refractivity contribution is 7.90. The third-order valence-electron chi connectivity index (χ3n) is 4.50. The van der Waals surface area contributed by atoms with E-state index in [1.807, 2.05) is 30.3 Å². The topological polar surface area (TPSA) is 91.4 Å². The maximum atomic E-state index is 12.4. The van der Waals surface area contributed by atoms with Crippen LogP contribution in [-0.4, -0.2) is 56.1 Å². The van der Waals surface area contributed by atoms with E-state index in [2.05, 4.69) is 20.5 Å². The van der Waals surface area contributed by atoms with Crippen LogP contribution in [0.1, 0.15) is 11.3 Å². The molecule has 1 amide bonds.